The SMILES string of the molecule is CC1=C(C)[C@@H](NCc2cccs2)N(C[C@@H]2CCCO2)C1=O. The van der Waals surface area contributed by atoms with Crippen LogP contribution < -0.4 is 5.32 Å². The normalized spacial score (nSPS) is 26.2. The van der Waals surface area contributed by atoms with Crippen molar-refractivity contribution in [1.82, 2.24) is 10.2 Å². The van der Waals surface area contributed by atoms with Crippen LogP contribution >= 0.6 is 11.3 Å². The molecule has 21 heavy (non-hydrogen) atoms. The van der Waals surface area contributed by atoms with Crippen molar-refractivity contribution in [3.63, 3.8) is 0 Å². The Kier molecular flexibility index (Phi) is 4.42. The molecular weight excluding hydrogens is 284 g/mol. The summed E-state index contributed by atoms with van der Waals surface area (Å²) in [5.41, 5.74) is 2.01. The number of thiophene rings is 1. The number of nitrogens with one attached hydrogen (secondary N) is 1. The highest BCUT2D eigenvalue weighted by atomic mass is 32.1. The van der Waals surface area contributed by atoms with Crippen LogP contribution in [0.5, 0.6) is 0 Å². The first-order valence-corrected chi connectivity index (χ1v) is 8.40. The summed E-state index contributed by atoms with van der Waals surface area (Å²) in [7, 11) is 0. The van der Waals surface area contributed by atoms with Crippen molar-refractivity contribution >= 4 is 17.2 Å². The van der Waals surface area contributed by atoms with E-state index in [1.54, 1.807) is 11.3 Å². The van der Waals surface area contributed by atoms with E-state index in [0.717, 1.165) is 37.1 Å². The van der Waals surface area contributed by atoms with Gasteiger partial charge in [0.05, 0.1) is 6.10 Å². The molecule has 0 radical (unpaired) electrons. The Morgan fingerprint density at radius 1 is 1.48 bits per heavy atom. The van der Waals surface area contributed by atoms with Crippen LogP contribution in [0.25, 0.3) is 0 Å². The van der Waals surface area contributed by atoms with Gasteiger partial charge < -0.3 is 9.64 Å². The van der Waals surface area contributed by atoms with Gasteiger partial charge in [-0.25, -0.2) is 0 Å². The van der Waals surface area contributed by atoms with Crippen molar-refractivity contribution in [3.05, 3.63) is 33.5 Å². The second-order valence-corrected chi connectivity index (χ2v) is 6.80. The Morgan fingerprint density at radius 3 is 3.00 bits per heavy atom. The topological polar surface area (TPSA) is 41.6 Å². The third-order valence-electron chi connectivity index (χ3n) is 4.37. The molecule has 2 atom stereocenters. The molecule has 0 aliphatic carbocycles. The van der Waals surface area contributed by atoms with Crippen LogP contribution in [0, 0.1) is 0 Å². The van der Waals surface area contributed by atoms with E-state index in [2.05, 4.69) is 29.8 Å². The van der Waals surface area contributed by atoms with Gasteiger partial charge in [-0.1, -0.05) is 6.07 Å². The van der Waals surface area contributed by atoms with Gasteiger partial charge >= 0.3 is 0 Å². The molecule has 3 heterocycles. The Balaban J connectivity index is 1.68. The van der Waals surface area contributed by atoms with Crippen LogP contribution in [0.4, 0.5) is 0 Å². The lowest BCUT2D eigenvalue weighted by molar-refractivity contribution is -0.129. The van der Waals surface area contributed by atoms with Gasteiger partial charge in [0, 0.05) is 30.1 Å². The van der Waals surface area contributed by atoms with E-state index < -0.39 is 0 Å². The van der Waals surface area contributed by atoms with E-state index in [9.17, 15) is 4.79 Å². The summed E-state index contributed by atoms with van der Waals surface area (Å²) >= 11 is 1.74. The number of nitrogens with zero attached hydrogens (tertiary/aromatic N) is 1. The molecule has 0 unspecified atom stereocenters. The minimum atomic E-state index is 0.00352. The molecular formula is C16H22N2O2S. The lowest BCUT2D eigenvalue weighted by atomic mass is 10.1. The zero-order valence-corrected chi connectivity index (χ0v) is 13.4. The van der Waals surface area contributed by atoms with E-state index in [-0.39, 0.29) is 18.2 Å². The second-order valence-electron chi connectivity index (χ2n) is 5.76. The summed E-state index contributed by atoms with van der Waals surface area (Å²) in [4.78, 5) is 15.7. The van der Waals surface area contributed by atoms with Crippen LogP contribution in [0.2, 0.25) is 0 Å². The number of rotatable bonds is 5. The molecule has 114 valence electrons. The molecule has 1 saturated heterocycles. The van der Waals surface area contributed by atoms with Crippen molar-refractivity contribution in [2.75, 3.05) is 13.2 Å². The molecule has 4 nitrogen and oxygen atoms in total. The summed E-state index contributed by atoms with van der Waals surface area (Å²) in [5, 5.41) is 5.60. The lowest BCUT2D eigenvalue weighted by Gasteiger charge is -2.29. The van der Waals surface area contributed by atoms with Gasteiger partial charge in [0.2, 0.25) is 0 Å². The van der Waals surface area contributed by atoms with Crippen molar-refractivity contribution in [3.8, 4) is 0 Å². The zero-order chi connectivity index (χ0) is 14.8. The third-order valence-corrected chi connectivity index (χ3v) is 5.25. The van der Waals surface area contributed by atoms with Gasteiger partial charge in [-0.3, -0.25) is 10.1 Å². The fraction of sp³-hybridized carbons (Fsp3) is 0.562. The standard InChI is InChI=1S/C16H22N2O2S/c1-11-12(2)16(19)18(10-13-5-3-7-20-13)15(11)17-9-14-6-4-8-21-14/h4,6,8,13,15,17H,3,5,7,9-10H2,1-2H3/t13-,15-/m0/s1. The second kappa shape index (κ2) is 6.30. The summed E-state index contributed by atoms with van der Waals surface area (Å²) < 4.78 is 5.69. The number of hydrogen-bond acceptors (Lipinski definition) is 4. The Morgan fingerprint density at radius 2 is 2.33 bits per heavy atom. The first-order valence-electron chi connectivity index (χ1n) is 7.52. The lowest BCUT2D eigenvalue weighted by Crippen LogP contribution is -2.47. The molecule has 1 aromatic heterocycles. The first kappa shape index (κ1) is 14.8. The molecule has 0 aromatic carbocycles. The highest BCUT2D eigenvalue weighted by molar-refractivity contribution is 7.09. The van der Waals surface area contributed by atoms with E-state index in [1.165, 1.54) is 4.88 Å². The average Bonchev–Trinajstić information content (AvgIpc) is 3.20. The maximum Gasteiger partial charge on any atom is 0.251 e. The predicted octanol–water partition coefficient (Wildman–Crippen LogP) is 2.52. The largest absolute Gasteiger partial charge is 0.376 e. The molecule has 5 heteroatoms. The highest BCUT2D eigenvalue weighted by Crippen LogP contribution is 2.26. The molecule has 1 fully saturated rings. The van der Waals surface area contributed by atoms with Crippen LogP contribution in [-0.4, -0.2) is 36.2 Å². The number of hydrogen-bond donors (Lipinski definition) is 1. The maximum absolute atomic E-state index is 12.5. The van der Waals surface area contributed by atoms with Crippen molar-refractivity contribution < 1.29 is 9.53 Å². The molecule has 1 aromatic rings. The smallest absolute Gasteiger partial charge is 0.251 e. The molecule has 0 saturated carbocycles. The maximum atomic E-state index is 12.5. The van der Waals surface area contributed by atoms with Gasteiger partial charge in [0.15, 0.2) is 0 Å². The predicted molar refractivity (Wildman–Crippen MR) is 84.0 cm³/mol. The minimum Gasteiger partial charge on any atom is -0.376 e. The Labute approximate surface area is 129 Å². The Hall–Kier alpha value is -1.17. The monoisotopic (exact) mass is 306 g/mol. The van der Waals surface area contributed by atoms with Crippen LogP contribution in [0.3, 0.4) is 0 Å². The molecule has 2 aliphatic rings. The fourth-order valence-corrected chi connectivity index (χ4v) is 3.67. The molecule has 0 spiro atoms. The third kappa shape index (κ3) is 3.05. The number of amides is 1. The van der Waals surface area contributed by atoms with E-state index >= 15 is 0 Å². The molecule has 1 amide bonds. The first-order chi connectivity index (χ1) is 10.2. The summed E-state index contributed by atoms with van der Waals surface area (Å²) in [6, 6.07) is 4.17. The average molecular weight is 306 g/mol. The highest BCUT2D eigenvalue weighted by Gasteiger charge is 2.36. The number of carbonyl (C=O) groups is 1. The quantitative estimate of drug-likeness (QED) is 0.909. The van der Waals surface area contributed by atoms with Crippen LogP contribution in [0.15, 0.2) is 28.7 Å². The van der Waals surface area contributed by atoms with Crippen molar-refractivity contribution in [1.29, 1.82) is 0 Å². The molecule has 0 bridgehead atoms. The van der Waals surface area contributed by atoms with Gasteiger partial charge in [-0.15, -0.1) is 11.3 Å². The molecule has 3 rings (SSSR count). The van der Waals surface area contributed by atoms with Crippen LogP contribution in [0.1, 0.15) is 31.6 Å². The number of carbonyl (C=O) groups excluding carboxylic acids is 1. The zero-order valence-electron chi connectivity index (χ0n) is 12.6. The van der Waals surface area contributed by atoms with E-state index in [4.69, 9.17) is 4.74 Å². The van der Waals surface area contributed by atoms with Gasteiger partial charge in [-0.05, 0) is 43.7 Å². The van der Waals surface area contributed by atoms with Gasteiger partial charge in [0.25, 0.3) is 5.91 Å². The molecule has 2 aliphatic heterocycles. The van der Waals surface area contributed by atoms with Crippen molar-refractivity contribution in [2.45, 2.75) is 45.5 Å². The van der Waals surface area contributed by atoms with Crippen LogP contribution in [-0.2, 0) is 16.1 Å². The summed E-state index contributed by atoms with van der Waals surface area (Å²) in [6.07, 6.45) is 2.35. The summed E-state index contributed by atoms with van der Waals surface area (Å²) in [5.74, 6) is 0.145. The minimum absolute atomic E-state index is 0.00352. The fourth-order valence-electron chi connectivity index (χ4n) is 3.01. The summed E-state index contributed by atoms with van der Waals surface area (Å²) in [6.45, 7) is 6.28. The van der Waals surface area contributed by atoms with E-state index in [0.29, 0.717) is 6.54 Å². The van der Waals surface area contributed by atoms with E-state index in [1.807, 2.05) is 11.8 Å². The van der Waals surface area contributed by atoms with Gasteiger partial charge in [-0.2, -0.15) is 0 Å². The number of ether oxygens (including phenoxy) is 1. The molecule has 1 N–H and O–H groups in total. The van der Waals surface area contributed by atoms with Crippen molar-refractivity contribution in [2.24, 2.45) is 0 Å². The Bertz CT molecular complexity index is 532. The van der Waals surface area contributed by atoms with Gasteiger partial charge in [0.1, 0.15) is 6.17 Å².